The van der Waals surface area contributed by atoms with Gasteiger partial charge >= 0.3 is 6.18 Å². The van der Waals surface area contributed by atoms with Crippen LogP contribution in [0.1, 0.15) is 21.5 Å². The van der Waals surface area contributed by atoms with E-state index in [4.69, 9.17) is 11.6 Å². The molecule has 136 valence electrons. The molecule has 0 amide bonds. The van der Waals surface area contributed by atoms with E-state index < -0.39 is 17.0 Å². The van der Waals surface area contributed by atoms with Crippen molar-refractivity contribution >= 4 is 51.5 Å². The van der Waals surface area contributed by atoms with Crippen LogP contribution in [0.2, 0.25) is 0 Å². The van der Waals surface area contributed by atoms with E-state index in [1.807, 2.05) is 0 Å². The topological polar surface area (TPSA) is 42.0 Å². The van der Waals surface area contributed by atoms with Crippen LogP contribution < -0.4 is 5.32 Å². The summed E-state index contributed by atoms with van der Waals surface area (Å²) < 4.78 is 39.6. The Kier molecular flexibility index (Phi) is 5.78. The molecule has 0 radical (unpaired) electrons. The predicted molar refractivity (Wildman–Crippen MR) is 98.6 cm³/mol. The molecule has 0 aliphatic carbocycles. The number of carbonyl (C=O) groups is 1. The molecule has 1 heterocycles. The number of hydrogen-bond acceptors (Lipinski definition) is 3. The summed E-state index contributed by atoms with van der Waals surface area (Å²) in [7, 11) is 0. The van der Waals surface area contributed by atoms with Gasteiger partial charge in [-0.1, -0.05) is 24.3 Å². The molecule has 0 unspecified atom stereocenters. The van der Waals surface area contributed by atoms with Crippen LogP contribution in [0.5, 0.6) is 0 Å². The number of nitrogens with one attached hydrogen (secondary N) is 1. The molecular weight excluding hydrogens is 388 g/mol. The van der Waals surface area contributed by atoms with E-state index in [1.54, 1.807) is 37.3 Å². The van der Waals surface area contributed by atoms with Crippen LogP contribution in [0, 0.1) is 6.92 Å². The Bertz CT molecular complexity index is 974. The van der Waals surface area contributed by atoms with E-state index in [0.29, 0.717) is 16.8 Å². The van der Waals surface area contributed by atoms with Crippen LogP contribution in [-0.4, -0.2) is 10.2 Å². The van der Waals surface area contributed by atoms with Gasteiger partial charge in [0.2, 0.25) is 0 Å². The summed E-state index contributed by atoms with van der Waals surface area (Å²) in [5.41, 5.74) is 0.874. The van der Waals surface area contributed by atoms with Gasteiger partial charge in [-0.05, 0) is 42.3 Å². The van der Waals surface area contributed by atoms with E-state index in [9.17, 15) is 18.0 Å². The highest BCUT2D eigenvalue weighted by Gasteiger charge is 2.33. The zero-order chi connectivity index (χ0) is 18.2. The highest BCUT2D eigenvalue weighted by Crippen LogP contribution is 2.37. The molecule has 1 N–H and O–H groups in total. The number of pyridine rings is 1. The quantitative estimate of drug-likeness (QED) is 0.539. The minimum Gasteiger partial charge on any atom is -0.354 e. The summed E-state index contributed by atoms with van der Waals surface area (Å²) in [4.78, 5) is 15.5. The fraction of sp³-hybridized carbons (Fsp3) is 0.111. The monoisotopic (exact) mass is 400 g/mol. The molecule has 0 aliphatic heterocycles. The first kappa shape index (κ1) is 20.0. The van der Waals surface area contributed by atoms with Crippen LogP contribution in [0.15, 0.2) is 48.7 Å². The summed E-state index contributed by atoms with van der Waals surface area (Å²) in [6, 6.07) is 10.4. The van der Waals surface area contributed by atoms with Crippen molar-refractivity contribution in [2.24, 2.45) is 0 Å². The minimum absolute atomic E-state index is 0. The Morgan fingerprint density at radius 3 is 2.46 bits per heavy atom. The van der Waals surface area contributed by atoms with Gasteiger partial charge in [0.1, 0.15) is 0 Å². The van der Waals surface area contributed by atoms with Gasteiger partial charge in [0, 0.05) is 17.3 Å². The Labute approximate surface area is 158 Å². The molecule has 0 bridgehead atoms. The van der Waals surface area contributed by atoms with Gasteiger partial charge < -0.3 is 5.32 Å². The lowest BCUT2D eigenvalue weighted by molar-refractivity contribution is -0.136. The summed E-state index contributed by atoms with van der Waals surface area (Å²) in [6.45, 7) is 1.77. The van der Waals surface area contributed by atoms with Crippen molar-refractivity contribution in [3.05, 3.63) is 65.4 Å². The lowest BCUT2D eigenvalue weighted by atomic mass is 10.1. The Balaban J connectivity index is 0.00000243. The summed E-state index contributed by atoms with van der Waals surface area (Å²) >= 11 is 5.61. The molecule has 3 nitrogen and oxygen atoms in total. The average molecular weight is 401 g/mol. The largest absolute Gasteiger partial charge is 0.418 e. The number of nitrogens with zero attached hydrogens (tertiary/aromatic N) is 1. The first-order valence-corrected chi connectivity index (χ1v) is 7.68. The van der Waals surface area contributed by atoms with Crippen LogP contribution in [0.3, 0.4) is 0 Å². The fourth-order valence-electron chi connectivity index (χ4n) is 2.65. The van der Waals surface area contributed by atoms with Crippen molar-refractivity contribution in [2.75, 3.05) is 5.32 Å². The maximum atomic E-state index is 13.2. The predicted octanol–water partition coefficient (Wildman–Crippen LogP) is 6.11. The second-order valence-corrected chi connectivity index (χ2v) is 5.80. The lowest BCUT2D eigenvalue weighted by Crippen LogP contribution is -2.07. The Morgan fingerprint density at radius 1 is 1.12 bits per heavy atom. The smallest absolute Gasteiger partial charge is 0.354 e. The number of anilines is 2. The van der Waals surface area contributed by atoms with Crippen molar-refractivity contribution < 1.29 is 18.0 Å². The van der Waals surface area contributed by atoms with Gasteiger partial charge in [-0.3, -0.25) is 9.78 Å². The number of halogens is 5. The van der Waals surface area contributed by atoms with Crippen LogP contribution in [0.25, 0.3) is 10.9 Å². The Morgan fingerprint density at radius 2 is 1.81 bits per heavy atom. The number of fused-ring (bicyclic) bond motifs is 1. The van der Waals surface area contributed by atoms with Crippen molar-refractivity contribution in [2.45, 2.75) is 13.1 Å². The van der Waals surface area contributed by atoms with E-state index >= 15 is 0 Å². The summed E-state index contributed by atoms with van der Waals surface area (Å²) in [6.07, 6.45) is -3.22. The maximum Gasteiger partial charge on any atom is 0.418 e. The first-order valence-electron chi connectivity index (χ1n) is 7.30. The third-order valence-corrected chi connectivity index (χ3v) is 4.02. The number of carbonyl (C=O) groups excluding carboxylic acids is 1. The van der Waals surface area contributed by atoms with Crippen LogP contribution in [0.4, 0.5) is 24.5 Å². The van der Waals surface area contributed by atoms with E-state index in [0.717, 1.165) is 11.6 Å². The van der Waals surface area contributed by atoms with Gasteiger partial charge in [0.05, 0.1) is 22.3 Å². The van der Waals surface area contributed by atoms with Gasteiger partial charge in [-0.2, -0.15) is 13.2 Å². The first-order chi connectivity index (χ1) is 11.8. The molecular formula is C18H13Cl2F3N2O. The lowest BCUT2D eigenvalue weighted by Gasteiger charge is -2.16. The molecule has 3 aromatic rings. The number of aromatic nitrogens is 1. The number of rotatable bonds is 3. The van der Waals surface area contributed by atoms with Gasteiger partial charge in [0.25, 0.3) is 5.24 Å². The molecule has 0 aliphatic rings. The number of aryl methyl sites for hydroxylation is 1. The molecule has 0 saturated heterocycles. The molecule has 0 saturated carbocycles. The molecule has 0 spiro atoms. The molecule has 0 fully saturated rings. The van der Waals surface area contributed by atoms with E-state index in [2.05, 4.69) is 10.3 Å². The number of para-hydroxylation sites is 2. The van der Waals surface area contributed by atoms with E-state index in [1.165, 1.54) is 12.3 Å². The molecule has 1 aromatic heterocycles. The van der Waals surface area contributed by atoms with Crippen molar-refractivity contribution in [3.8, 4) is 0 Å². The van der Waals surface area contributed by atoms with Gasteiger partial charge in [-0.15, -0.1) is 12.4 Å². The highest BCUT2D eigenvalue weighted by molar-refractivity contribution is 6.68. The van der Waals surface area contributed by atoms with Crippen LogP contribution in [-0.2, 0) is 6.18 Å². The second-order valence-electron chi connectivity index (χ2n) is 5.45. The Hall–Kier alpha value is -2.31. The summed E-state index contributed by atoms with van der Waals surface area (Å²) in [5.74, 6) is 0. The standard InChI is InChI=1S/C18H12ClF3N2O.ClH/c1-10-4-2-6-12(17(19)25)15(10)24-14-8-9-23-16-11(14)5-3-7-13(16)18(20,21)22;/h2-9H,1H3,(H,23,24);1H. The van der Waals surface area contributed by atoms with Crippen LogP contribution >= 0.6 is 24.0 Å². The van der Waals surface area contributed by atoms with Crippen molar-refractivity contribution in [3.63, 3.8) is 0 Å². The van der Waals surface area contributed by atoms with Crippen molar-refractivity contribution in [1.29, 1.82) is 0 Å². The maximum absolute atomic E-state index is 13.2. The number of hydrogen-bond donors (Lipinski definition) is 1. The van der Waals surface area contributed by atoms with Gasteiger partial charge in [-0.25, -0.2) is 0 Å². The highest BCUT2D eigenvalue weighted by atomic mass is 35.5. The summed E-state index contributed by atoms with van der Waals surface area (Å²) in [5, 5.41) is 2.68. The van der Waals surface area contributed by atoms with E-state index in [-0.39, 0.29) is 23.5 Å². The average Bonchev–Trinajstić information content (AvgIpc) is 2.55. The van der Waals surface area contributed by atoms with Gasteiger partial charge in [0.15, 0.2) is 0 Å². The molecule has 0 atom stereocenters. The number of benzene rings is 2. The third-order valence-electron chi connectivity index (χ3n) is 3.82. The molecule has 3 rings (SSSR count). The normalized spacial score (nSPS) is 11.1. The third kappa shape index (κ3) is 3.76. The SMILES string of the molecule is Cc1cccc(C(=O)Cl)c1Nc1ccnc2c(C(F)(F)F)cccc12.Cl. The number of alkyl halides is 3. The molecule has 8 heteroatoms. The molecule has 26 heavy (non-hydrogen) atoms. The zero-order valence-corrected chi connectivity index (χ0v) is 15.0. The molecule has 2 aromatic carbocycles. The van der Waals surface area contributed by atoms with Crippen molar-refractivity contribution in [1.82, 2.24) is 4.98 Å². The minimum atomic E-state index is -4.51. The zero-order valence-electron chi connectivity index (χ0n) is 13.4. The fourth-order valence-corrected chi connectivity index (χ4v) is 2.80. The second kappa shape index (κ2) is 7.51.